The van der Waals surface area contributed by atoms with E-state index >= 15 is 0 Å². The highest BCUT2D eigenvalue weighted by atomic mass is 35.5. The van der Waals surface area contributed by atoms with Gasteiger partial charge in [-0.1, -0.05) is 11.6 Å². The number of likely N-dealkylation sites (tertiary alicyclic amines) is 1. The van der Waals surface area contributed by atoms with E-state index in [2.05, 4.69) is 15.6 Å². The van der Waals surface area contributed by atoms with E-state index in [4.69, 9.17) is 16.3 Å². The molecule has 138 valence electrons. The fraction of sp³-hybridized carbons (Fsp3) is 0.556. The predicted molar refractivity (Wildman–Crippen MR) is 101 cm³/mol. The smallest absolute Gasteiger partial charge is 0.222 e. The Balaban J connectivity index is 1.87. The number of ether oxygens (including phenoxy) is 1. The molecular weight excluding hydrogens is 340 g/mol. The first-order chi connectivity index (χ1) is 12.0. The van der Waals surface area contributed by atoms with Crippen molar-refractivity contribution in [2.75, 3.05) is 26.7 Å². The molecule has 1 aliphatic rings. The maximum absolute atomic E-state index is 11.6. The van der Waals surface area contributed by atoms with E-state index in [0.717, 1.165) is 24.7 Å². The highest BCUT2D eigenvalue weighted by molar-refractivity contribution is 6.30. The number of aliphatic imine (C=N–C) groups is 1. The summed E-state index contributed by atoms with van der Waals surface area (Å²) < 4.78 is 5.84. The van der Waals surface area contributed by atoms with Gasteiger partial charge in [0.15, 0.2) is 5.96 Å². The Bertz CT molecular complexity index is 591. The van der Waals surface area contributed by atoms with Crippen molar-refractivity contribution in [1.82, 2.24) is 15.5 Å². The first-order valence-corrected chi connectivity index (χ1v) is 9.06. The summed E-state index contributed by atoms with van der Waals surface area (Å²) in [5.41, 5.74) is 0. The van der Waals surface area contributed by atoms with Crippen molar-refractivity contribution in [2.45, 2.75) is 38.8 Å². The summed E-state index contributed by atoms with van der Waals surface area (Å²) >= 11 is 5.88. The van der Waals surface area contributed by atoms with Gasteiger partial charge in [0, 0.05) is 37.6 Å². The molecule has 25 heavy (non-hydrogen) atoms. The van der Waals surface area contributed by atoms with Crippen LogP contribution >= 0.6 is 11.6 Å². The molecule has 0 aliphatic carbocycles. The second kappa shape index (κ2) is 9.51. The molecular formula is C18H27ClN4O2. The zero-order chi connectivity index (χ0) is 18.2. The summed E-state index contributed by atoms with van der Waals surface area (Å²) in [4.78, 5) is 18.0. The lowest BCUT2D eigenvalue weighted by atomic mass is 10.1. The largest absolute Gasteiger partial charge is 0.489 e. The average molecular weight is 367 g/mol. The fourth-order valence-electron chi connectivity index (χ4n) is 2.65. The molecule has 1 aromatic rings. The summed E-state index contributed by atoms with van der Waals surface area (Å²) in [7, 11) is 1.84. The summed E-state index contributed by atoms with van der Waals surface area (Å²) in [6.07, 6.45) is 1.33. The Kier molecular flexibility index (Phi) is 7.37. The Morgan fingerprint density at radius 2 is 2.16 bits per heavy atom. The SMILES string of the molecule is CCNC(=NCC(C)Oc1ccc(Cl)cc1)NC1CCC(=O)N(C)C1. The maximum atomic E-state index is 11.6. The van der Waals surface area contributed by atoms with E-state index in [1.807, 2.05) is 33.0 Å². The monoisotopic (exact) mass is 366 g/mol. The molecule has 2 atom stereocenters. The van der Waals surface area contributed by atoms with E-state index in [1.54, 1.807) is 17.0 Å². The number of amides is 1. The fourth-order valence-corrected chi connectivity index (χ4v) is 2.77. The number of benzene rings is 1. The van der Waals surface area contributed by atoms with Gasteiger partial charge in [-0.05, 0) is 44.5 Å². The standard InChI is InChI=1S/C18H27ClN4O2/c1-4-20-18(22-15-7-10-17(24)23(3)12-15)21-11-13(2)25-16-8-5-14(19)6-9-16/h5-6,8-9,13,15H,4,7,10-12H2,1-3H3,(H2,20,21,22). The van der Waals surface area contributed by atoms with Gasteiger partial charge < -0.3 is 20.3 Å². The third kappa shape index (κ3) is 6.46. The number of carbonyl (C=O) groups is 1. The summed E-state index contributed by atoms with van der Waals surface area (Å²) in [5.74, 6) is 1.73. The number of nitrogens with zero attached hydrogens (tertiary/aromatic N) is 2. The Labute approximate surface area is 154 Å². The number of hydrogen-bond acceptors (Lipinski definition) is 3. The Morgan fingerprint density at radius 3 is 2.80 bits per heavy atom. The molecule has 6 nitrogen and oxygen atoms in total. The molecule has 1 heterocycles. The molecule has 2 unspecified atom stereocenters. The van der Waals surface area contributed by atoms with Crippen LogP contribution in [-0.4, -0.2) is 55.6 Å². The molecule has 2 N–H and O–H groups in total. The minimum Gasteiger partial charge on any atom is -0.489 e. The number of guanidine groups is 1. The van der Waals surface area contributed by atoms with Crippen molar-refractivity contribution >= 4 is 23.5 Å². The van der Waals surface area contributed by atoms with E-state index in [9.17, 15) is 4.79 Å². The molecule has 0 aromatic heterocycles. The highest BCUT2D eigenvalue weighted by Gasteiger charge is 2.23. The van der Waals surface area contributed by atoms with E-state index < -0.39 is 0 Å². The second-order valence-corrected chi connectivity index (χ2v) is 6.69. The minimum absolute atomic E-state index is 0.0627. The lowest BCUT2D eigenvalue weighted by Crippen LogP contribution is -2.51. The molecule has 1 amide bonds. The normalized spacial score (nSPS) is 19.5. The molecule has 0 bridgehead atoms. The van der Waals surface area contributed by atoms with E-state index in [0.29, 0.717) is 24.5 Å². The van der Waals surface area contributed by atoms with Crippen LogP contribution in [0.1, 0.15) is 26.7 Å². The first-order valence-electron chi connectivity index (χ1n) is 8.69. The predicted octanol–water partition coefficient (Wildman–Crippen LogP) is 2.28. The summed E-state index contributed by atoms with van der Waals surface area (Å²) in [6, 6.07) is 7.52. The molecule has 1 aromatic carbocycles. The van der Waals surface area contributed by atoms with Gasteiger partial charge in [0.2, 0.25) is 5.91 Å². The van der Waals surface area contributed by atoms with Crippen molar-refractivity contribution in [3.63, 3.8) is 0 Å². The van der Waals surface area contributed by atoms with Crippen molar-refractivity contribution < 1.29 is 9.53 Å². The average Bonchev–Trinajstić information content (AvgIpc) is 2.58. The highest BCUT2D eigenvalue weighted by Crippen LogP contribution is 2.16. The van der Waals surface area contributed by atoms with Crippen molar-refractivity contribution in [3.05, 3.63) is 29.3 Å². The van der Waals surface area contributed by atoms with Gasteiger partial charge in [0.05, 0.1) is 6.54 Å². The topological polar surface area (TPSA) is 66.0 Å². The summed E-state index contributed by atoms with van der Waals surface area (Å²) in [5, 5.41) is 7.34. The zero-order valence-corrected chi connectivity index (χ0v) is 15.8. The van der Waals surface area contributed by atoms with Gasteiger partial charge in [0.25, 0.3) is 0 Å². The number of likely N-dealkylation sites (N-methyl/N-ethyl adjacent to an activating group) is 1. The van der Waals surface area contributed by atoms with Gasteiger partial charge in [-0.25, -0.2) is 4.99 Å². The van der Waals surface area contributed by atoms with Crippen LogP contribution in [0, 0.1) is 0 Å². The van der Waals surface area contributed by atoms with Gasteiger partial charge in [-0.15, -0.1) is 0 Å². The van der Waals surface area contributed by atoms with Crippen LogP contribution < -0.4 is 15.4 Å². The van der Waals surface area contributed by atoms with Crippen LogP contribution in [0.5, 0.6) is 5.75 Å². The van der Waals surface area contributed by atoms with Crippen LogP contribution in [0.15, 0.2) is 29.3 Å². The van der Waals surface area contributed by atoms with Gasteiger partial charge in [-0.2, -0.15) is 0 Å². The lowest BCUT2D eigenvalue weighted by Gasteiger charge is -2.31. The molecule has 2 rings (SSSR count). The van der Waals surface area contributed by atoms with Crippen LogP contribution in [0.2, 0.25) is 5.02 Å². The zero-order valence-electron chi connectivity index (χ0n) is 15.1. The quantitative estimate of drug-likeness (QED) is 0.598. The number of rotatable bonds is 6. The number of nitrogens with one attached hydrogen (secondary N) is 2. The number of halogens is 1. The minimum atomic E-state index is -0.0627. The number of carbonyl (C=O) groups excluding carboxylic acids is 1. The van der Waals surface area contributed by atoms with E-state index in [-0.39, 0.29) is 18.1 Å². The van der Waals surface area contributed by atoms with Gasteiger partial charge in [0.1, 0.15) is 11.9 Å². The maximum Gasteiger partial charge on any atom is 0.222 e. The molecule has 1 saturated heterocycles. The van der Waals surface area contributed by atoms with Crippen LogP contribution in [0.3, 0.4) is 0 Å². The van der Waals surface area contributed by atoms with Crippen LogP contribution in [-0.2, 0) is 4.79 Å². The molecule has 0 spiro atoms. The van der Waals surface area contributed by atoms with E-state index in [1.165, 1.54) is 0 Å². The Hall–Kier alpha value is -1.95. The van der Waals surface area contributed by atoms with Crippen molar-refractivity contribution in [3.8, 4) is 5.75 Å². The second-order valence-electron chi connectivity index (χ2n) is 6.26. The molecule has 1 fully saturated rings. The third-order valence-corrected chi connectivity index (χ3v) is 4.22. The van der Waals surface area contributed by atoms with Gasteiger partial charge in [-0.3, -0.25) is 4.79 Å². The molecule has 1 aliphatic heterocycles. The third-order valence-electron chi connectivity index (χ3n) is 3.97. The van der Waals surface area contributed by atoms with Crippen molar-refractivity contribution in [1.29, 1.82) is 0 Å². The molecule has 7 heteroatoms. The number of hydrogen-bond donors (Lipinski definition) is 2. The lowest BCUT2D eigenvalue weighted by molar-refractivity contribution is -0.132. The summed E-state index contributed by atoms with van der Waals surface area (Å²) in [6.45, 7) is 6.01. The Morgan fingerprint density at radius 1 is 1.44 bits per heavy atom. The van der Waals surface area contributed by atoms with Crippen LogP contribution in [0.25, 0.3) is 0 Å². The van der Waals surface area contributed by atoms with Gasteiger partial charge >= 0.3 is 0 Å². The van der Waals surface area contributed by atoms with Crippen LogP contribution in [0.4, 0.5) is 0 Å². The first kappa shape index (κ1) is 19.4. The number of piperidine rings is 1. The molecule has 0 saturated carbocycles. The van der Waals surface area contributed by atoms with Crippen molar-refractivity contribution in [2.24, 2.45) is 4.99 Å². The molecule has 0 radical (unpaired) electrons.